The number of aliphatic hydroxyl groups excluding tert-OH is 1. The zero-order valence-corrected chi connectivity index (χ0v) is 11.6. The van der Waals surface area contributed by atoms with Crippen LogP contribution in [0, 0.1) is 20.8 Å². The van der Waals surface area contributed by atoms with Crippen molar-refractivity contribution in [3.05, 3.63) is 69.2 Å². The van der Waals surface area contributed by atoms with E-state index in [1.54, 1.807) is 12.1 Å². The van der Waals surface area contributed by atoms with Gasteiger partial charge in [-0.1, -0.05) is 35.9 Å². The van der Waals surface area contributed by atoms with Gasteiger partial charge in [-0.15, -0.1) is 0 Å². The van der Waals surface area contributed by atoms with Gasteiger partial charge in [0.15, 0.2) is 0 Å². The number of aliphatic hydroxyl groups is 1. The molecule has 94 valence electrons. The normalized spacial score (nSPS) is 12.5. The molecular weight excluding hydrogens is 244 g/mol. The van der Waals surface area contributed by atoms with Crippen molar-refractivity contribution < 1.29 is 5.11 Å². The van der Waals surface area contributed by atoms with Crippen LogP contribution in [0.15, 0.2) is 36.4 Å². The van der Waals surface area contributed by atoms with E-state index in [1.165, 1.54) is 11.1 Å². The van der Waals surface area contributed by atoms with Crippen molar-refractivity contribution in [3.63, 3.8) is 0 Å². The molecular formula is C16H17ClO. The minimum Gasteiger partial charge on any atom is -0.384 e. The fourth-order valence-electron chi connectivity index (χ4n) is 2.10. The first kappa shape index (κ1) is 13.1. The maximum Gasteiger partial charge on any atom is 0.104 e. The van der Waals surface area contributed by atoms with E-state index in [0.29, 0.717) is 5.02 Å². The Morgan fingerprint density at radius 2 is 1.44 bits per heavy atom. The van der Waals surface area contributed by atoms with E-state index < -0.39 is 6.10 Å². The first-order chi connectivity index (χ1) is 8.49. The van der Waals surface area contributed by atoms with Crippen molar-refractivity contribution >= 4 is 11.6 Å². The highest BCUT2D eigenvalue weighted by Gasteiger charge is 2.13. The van der Waals surface area contributed by atoms with Gasteiger partial charge in [0, 0.05) is 5.02 Å². The Morgan fingerprint density at radius 3 is 2.06 bits per heavy atom. The van der Waals surface area contributed by atoms with E-state index in [9.17, 15) is 5.11 Å². The van der Waals surface area contributed by atoms with Gasteiger partial charge in [-0.3, -0.25) is 0 Å². The van der Waals surface area contributed by atoms with Crippen LogP contribution in [0.5, 0.6) is 0 Å². The highest BCUT2D eigenvalue weighted by molar-refractivity contribution is 6.30. The highest BCUT2D eigenvalue weighted by atomic mass is 35.5. The van der Waals surface area contributed by atoms with E-state index in [2.05, 4.69) is 26.0 Å². The van der Waals surface area contributed by atoms with Crippen molar-refractivity contribution in [1.29, 1.82) is 0 Å². The lowest BCUT2D eigenvalue weighted by atomic mass is 9.94. The summed E-state index contributed by atoms with van der Waals surface area (Å²) in [6.07, 6.45) is -0.596. The summed E-state index contributed by atoms with van der Waals surface area (Å²) in [6.45, 7) is 6.18. The molecule has 1 nitrogen and oxygen atoms in total. The number of aryl methyl sites for hydroxylation is 3. The predicted molar refractivity (Wildman–Crippen MR) is 76.2 cm³/mol. The third kappa shape index (κ3) is 2.58. The van der Waals surface area contributed by atoms with Crippen molar-refractivity contribution in [2.45, 2.75) is 26.9 Å². The van der Waals surface area contributed by atoms with Gasteiger partial charge < -0.3 is 5.11 Å². The average Bonchev–Trinajstić information content (AvgIpc) is 2.34. The second-order valence-corrected chi connectivity index (χ2v) is 5.18. The molecule has 2 aromatic rings. The standard InChI is InChI=1S/C16H17ClO/c1-10-8-12(3)15(9-11(10)2)16(18)13-4-6-14(17)7-5-13/h4-9,16,18H,1-3H3. The van der Waals surface area contributed by atoms with Crippen LogP contribution >= 0.6 is 11.6 Å². The van der Waals surface area contributed by atoms with Crippen LogP contribution in [0.2, 0.25) is 5.02 Å². The van der Waals surface area contributed by atoms with Gasteiger partial charge in [-0.2, -0.15) is 0 Å². The first-order valence-corrected chi connectivity index (χ1v) is 6.38. The minimum absolute atomic E-state index is 0.596. The summed E-state index contributed by atoms with van der Waals surface area (Å²) >= 11 is 5.86. The Hall–Kier alpha value is -1.31. The van der Waals surface area contributed by atoms with E-state index >= 15 is 0 Å². The number of benzene rings is 2. The summed E-state index contributed by atoms with van der Waals surface area (Å²) in [5.41, 5.74) is 5.38. The van der Waals surface area contributed by atoms with Gasteiger partial charge in [0.1, 0.15) is 6.10 Å². The zero-order valence-electron chi connectivity index (χ0n) is 10.9. The van der Waals surface area contributed by atoms with Crippen molar-refractivity contribution in [2.24, 2.45) is 0 Å². The molecule has 1 unspecified atom stereocenters. The lowest BCUT2D eigenvalue weighted by Crippen LogP contribution is -2.03. The molecule has 1 N–H and O–H groups in total. The smallest absolute Gasteiger partial charge is 0.104 e. The number of hydrogen-bond donors (Lipinski definition) is 1. The molecule has 2 aromatic carbocycles. The Bertz CT molecular complexity index is 558. The Morgan fingerprint density at radius 1 is 0.889 bits per heavy atom. The van der Waals surface area contributed by atoms with Gasteiger partial charge in [-0.25, -0.2) is 0 Å². The predicted octanol–water partition coefficient (Wildman–Crippen LogP) is 4.35. The summed E-state index contributed by atoms with van der Waals surface area (Å²) < 4.78 is 0. The quantitative estimate of drug-likeness (QED) is 0.851. The Balaban J connectivity index is 2.42. The molecule has 2 heteroatoms. The molecule has 0 amide bonds. The van der Waals surface area contributed by atoms with E-state index in [1.807, 2.05) is 19.1 Å². The molecule has 0 heterocycles. The molecule has 0 spiro atoms. The van der Waals surface area contributed by atoms with Gasteiger partial charge in [0.05, 0.1) is 0 Å². The minimum atomic E-state index is -0.596. The molecule has 2 rings (SSSR count). The second-order valence-electron chi connectivity index (χ2n) is 4.75. The largest absolute Gasteiger partial charge is 0.384 e. The van der Waals surface area contributed by atoms with Crippen molar-refractivity contribution in [3.8, 4) is 0 Å². The summed E-state index contributed by atoms with van der Waals surface area (Å²) in [7, 11) is 0. The number of hydrogen-bond acceptors (Lipinski definition) is 1. The lowest BCUT2D eigenvalue weighted by Gasteiger charge is -2.16. The average molecular weight is 261 g/mol. The summed E-state index contributed by atoms with van der Waals surface area (Å²) in [5.74, 6) is 0. The van der Waals surface area contributed by atoms with Crippen LogP contribution in [0.3, 0.4) is 0 Å². The Labute approximate surface area is 113 Å². The lowest BCUT2D eigenvalue weighted by molar-refractivity contribution is 0.219. The second kappa shape index (κ2) is 5.13. The fourth-order valence-corrected chi connectivity index (χ4v) is 2.23. The first-order valence-electron chi connectivity index (χ1n) is 6.00. The van der Waals surface area contributed by atoms with Crippen molar-refractivity contribution in [1.82, 2.24) is 0 Å². The molecule has 0 fully saturated rings. The molecule has 0 aromatic heterocycles. The SMILES string of the molecule is Cc1cc(C)c(C(O)c2ccc(Cl)cc2)cc1C. The van der Waals surface area contributed by atoms with Gasteiger partial charge in [-0.05, 0) is 60.7 Å². The van der Waals surface area contributed by atoms with E-state index in [4.69, 9.17) is 11.6 Å². The summed E-state index contributed by atoms with van der Waals surface area (Å²) in [6, 6.07) is 11.5. The molecule has 0 bridgehead atoms. The third-order valence-corrected chi connectivity index (χ3v) is 3.61. The molecule has 0 aliphatic heterocycles. The molecule has 0 aliphatic rings. The van der Waals surface area contributed by atoms with Crippen LogP contribution in [-0.4, -0.2) is 5.11 Å². The third-order valence-electron chi connectivity index (χ3n) is 3.36. The fraction of sp³-hybridized carbons (Fsp3) is 0.250. The highest BCUT2D eigenvalue weighted by Crippen LogP contribution is 2.27. The Kier molecular flexibility index (Phi) is 3.74. The monoisotopic (exact) mass is 260 g/mol. The van der Waals surface area contributed by atoms with Gasteiger partial charge >= 0.3 is 0 Å². The molecule has 0 aliphatic carbocycles. The maximum atomic E-state index is 10.4. The summed E-state index contributed by atoms with van der Waals surface area (Å²) in [5, 5.41) is 11.1. The van der Waals surface area contributed by atoms with Crippen LogP contribution < -0.4 is 0 Å². The molecule has 18 heavy (non-hydrogen) atoms. The van der Waals surface area contributed by atoms with Gasteiger partial charge in [0.25, 0.3) is 0 Å². The molecule has 0 saturated heterocycles. The van der Waals surface area contributed by atoms with E-state index in [0.717, 1.165) is 16.7 Å². The molecule has 0 saturated carbocycles. The molecule has 1 atom stereocenters. The topological polar surface area (TPSA) is 20.2 Å². The van der Waals surface area contributed by atoms with Crippen LogP contribution in [-0.2, 0) is 0 Å². The summed E-state index contributed by atoms with van der Waals surface area (Å²) in [4.78, 5) is 0. The van der Waals surface area contributed by atoms with Crippen molar-refractivity contribution in [2.75, 3.05) is 0 Å². The maximum absolute atomic E-state index is 10.4. The zero-order chi connectivity index (χ0) is 13.3. The number of halogens is 1. The molecule has 0 radical (unpaired) electrons. The van der Waals surface area contributed by atoms with Gasteiger partial charge in [0.2, 0.25) is 0 Å². The number of rotatable bonds is 2. The van der Waals surface area contributed by atoms with Crippen LogP contribution in [0.4, 0.5) is 0 Å². The van der Waals surface area contributed by atoms with Crippen LogP contribution in [0.25, 0.3) is 0 Å². The van der Waals surface area contributed by atoms with E-state index in [-0.39, 0.29) is 0 Å². The van der Waals surface area contributed by atoms with Crippen LogP contribution in [0.1, 0.15) is 33.9 Å².